The molecular weight excluding hydrogens is 210 g/mol. The van der Waals surface area contributed by atoms with Crippen LogP contribution in [0.15, 0.2) is 12.1 Å². The minimum Gasteiger partial charge on any atom is -0.394 e. The molecule has 1 aromatic rings. The largest absolute Gasteiger partial charge is 0.394 e. The lowest BCUT2D eigenvalue weighted by molar-refractivity contribution is 0.0851. The van der Waals surface area contributed by atoms with Gasteiger partial charge < -0.3 is 10.4 Å². The van der Waals surface area contributed by atoms with Crippen LogP contribution < -0.4 is 5.32 Å². The van der Waals surface area contributed by atoms with E-state index in [1.807, 2.05) is 32.9 Å². The van der Waals surface area contributed by atoms with Gasteiger partial charge in [0.05, 0.1) is 17.0 Å². The average molecular weight is 227 g/mol. The molecule has 2 N–H and O–H groups in total. The molecule has 0 aromatic carbocycles. The second-order valence-corrected chi connectivity index (χ2v) is 5.22. The van der Waals surface area contributed by atoms with E-state index in [4.69, 9.17) is 0 Å². The maximum absolute atomic E-state index is 11.8. The van der Waals surface area contributed by atoms with Gasteiger partial charge in [-0.3, -0.25) is 4.79 Å². The number of carbonyl (C=O) groups is 1. The van der Waals surface area contributed by atoms with E-state index in [1.54, 1.807) is 0 Å². The Morgan fingerprint density at radius 2 is 2.27 bits per heavy atom. The normalized spacial score (nSPS) is 14.7. The highest BCUT2D eigenvalue weighted by molar-refractivity contribution is 7.13. The molecular formula is C11H17NO2S. The van der Waals surface area contributed by atoms with Crippen molar-refractivity contribution in [3.05, 3.63) is 21.9 Å². The molecule has 1 rings (SSSR count). The fourth-order valence-corrected chi connectivity index (χ4v) is 1.89. The van der Waals surface area contributed by atoms with Crippen LogP contribution in [0.5, 0.6) is 0 Å². The third kappa shape index (κ3) is 3.04. The topological polar surface area (TPSA) is 49.3 Å². The Bertz CT molecular complexity index is 342. The number of nitrogens with one attached hydrogen (secondary N) is 1. The van der Waals surface area contributed by atoms with Crippen LogP contribution in [0.2, 0.25) is 0 Å². The highest BCUT2D eigenvalue weighted by Gasteiger charge is 2.24. The summed E-state index contributed by atoms with van der Waals surface area (Å²) in [5.74, 6) is -0.105. The summed E-state index contributed by atoms with van der Waals surface area (Å²) in [4.78, 5) is 13.6. The van der Waals surface area contributed by atoms with Crippen LogP contribution in [0, 0.1) is 6.92 Å². The zero-order chi connectivity index (χ0) is 11.5. The van der Waals surface area contributed by atoms with Gasteiger partial charge in [-0.25, -0.2) is 0 Å². The van der Waals surface area contributed by atoms with Crippen molar-refractivity contribution in [2.45, 2.75) is 32.7 Å². The lowest BCUT2D eigenvalue weighted by Crippen LogP contribution is -2.48. The number of aliphatic hydroxyl groups excluding tert-OH is 1. The summed E-state index contributed by atoms with van der Waals surface area (Å²) in [5.41, 5.74) is -0.519. The fourth-order valence-electron chi connectivity index (χ4n) is 1.13. The van der Waals surface area contributed by atoms with E-state index in [0.29, 0.717) is 11.3 Å². The van der Waals surface area contributed by atoms with Gasteiger partial charge in [-0.1, -0.05) is 6.92 Å². The Labute approximate surface area is 94.1 Å². The maximum atomic E-state index is 11.8. The predicted octanol–water partition coefficient (Wildman–Crippen LogP) is 1.95. The van der Waals surface area contributed by atoms with Crippen LogP contribution in [0.3, 0.4) is 0 Å². The second-order valence-electron chi connectivity index (χ2n) is 3.94. The van der Waals surface area contributed by atoms with Crippen molar-refractivity contribution in [2.24, 2.45) is 0 Å². The summed E-state index contributed by atoms with van der Waals surface area (Å²) in [6.07, 6.45) is 0.708. The Kier molecular flexibility index (Phi) is 3.88. The molecule has 0 bridgehead atoms. The molecule has 1 unspecified atom stereocenters. The second kappa shape index (κ2) is 4.77. The van der Waals surface area contributed by atoms with Gasteiger partial charge in [0.25, 0.3) is 5.91 Å². The molecule has 0 saturated carbocycles. The van der Waals surface area contributed by atoms with Gasteiger partial charge in [-0.15, -0.1) is 11.3 Å². The molecule has 0 fully saturated rings. The molecule has 84 valence electrons. The van der Waals surface area contributed by atoms with E-state index >= 15 is 0 Å². The lowest BCUT2D eigenvalue weighted by Gasteiger charge is -2.26. The van der Waals surface area contributed by atoms with Crippen LogP contribution in [0.25, 0.3) is 0 Å². The van der Waals surface area contributed by atoms with Gasteiger partial charge in [0, 0.05) is 4.88 Å². The number of rotatable bonds is 4. The molecule has 1 heterocycles. The molecule has 1 amide bonds. The predicted molar refractivity (Wildman–Crippen MR) is 62.3 cm³/mol. The zero-order valence-corrected chi connectivity index (χ0v) is 10.1. The molecule has 1 aromatic heterocycles. The molecule has 3 nitrogen and oxygen atoms in total. The first-order valence-corrected chi connectivity index (χ1v) is 5.82. The van der Waals surface area contributed by atoms with E-state index in [9.17, 15) is 9.90 Å². The number of aryl methyl sites for hydroxylation is 1. The molecule has 0 spiro atoms. The zero-order valence-electron chi connectivity index (χ0n) is 9.33. The number of hydrogen-bond donors (Lipinski definition) is 2. The summed E-state index contributed by atoms with van der Waals surface area (Å²) in [5, 5.41) is 12.0. The van der Waals surface area contributed by atoms with Gasteiger partial charge in [-0.05, 0) is 32.4 Å². The summed E-state index contributed by atoms with van der Waals surface area (Å²) in [7, 11) is 0. The van der Waals surface area contributed by atoms with Gasteiger partial charge >= 0.3 is 0 Å². The Hall–Kier alpha value is -0.870. The van der Waals surface area contributed by atoms with Crippen molar-refractivity contribution in [1.82, 2.24) is 5.32 Å². The standard InChI is InChI=1S/C11H17NO2S/c1-4-11(3,7-13)12-10(14)9-6-5-8(2)15-9/h5-6,13H,4,7H2,1-3H3,(H,12,14). The summed E-state index contributed by atoms with van der Waals surface area (Å²) >= 11 is 1.46. The van der Waals surface area contributed by atoms with E-state index in [-0.39, 0.29) is 12.5 Å². The first-order valence-electron chi connectivity index (χ1n) is 5.00. The van der Waals surface area contributed by atoms with E-state index < -0.39 is 5.54 Å². The SMILES string of the molecule is CCC(C)(CO)NC(=O)c1ccc(C)s1. The molecule has 0 radical (unpaired) electrons. The summed E-state index contributed by atoms with van der Waals surface area (Å²) in [6.45, 7) is 5.70. The Balaban J connectivity index is 2.71. The third-order valence-electron chi connectivity index (χ3n) is 2.51. The molecule has 15 heavy (non-hydrogen) atoms. The number of hydrogen-bond acceptors (Lipinski definition) is 3. The average Bonchev–Trinajstić information content (AvgIpc) is 2.65. The maximum Gasteiger partial charge on any atom is 0.261 e. The van der Waals surface area contributed by atoms with Crippen LogP contribution in [-0.4, -0.2) is 23.2 Å². The first kappa shape index (κ1) is 12.2. The van der Waals surface area contributed by atoms with Crippen molar-refractivity contribution in [2.75, 3.05) is 6.61 Å². The fraction of sp³-hybridized carbons (Fsp3) is 0.545. The quantitative estimate of drug-likeness (QED) is 0.826. The molecule has 0 aliphatic carbocycles. The van der Waals surface area contributed by atoms with E-state index in [2.05, 4.69) is 5.32 Å². The van der Waals surface area contributed by atoms with Crippen molar-refractivity contribution in [1.29, 1.82) is 0 Å². The minimum absolute atomic E-state index is 0.0421. The summed E-state index contributed by atoms with van der Waals surface area (Å²) < 4.78 is 0. The number of thiophene rings is 1. The number of carbonyl (C=O) groups excluding carboxylic acids is 1. The molecule has 4 heteroatoms. The van der Waals surface area contributed by atoms with Gasteiger partial charge in [0.2, 0.25) is 0 Å². The van der Waals surface area contributed by atoms with Gasteiger partial charge in [-0.2, -0.15) is 0 Å². The van der Waals surface area contributed by atoms with Crippen LogP contribution in [0.1, 0.15) is 34.8 Å². The molecule has 0 aliphatic rings. The molecule has 1 atom stereocenters. The van der Waals surface area contributed by atoms with Crippen molar-refractivity contribution >= 4 is 17.2 Å². The number of amides is 1. The van der Waals surface area contributed by atoms with Gasteiger partial charge in [0.1, 0.15) is 0 Å². The lowest BCUT2D eigenvalue weighted by atomic mass is 10.0. The van der Waals surface area contributed by atoms with Crippen LogP contribution in [0.4, 0.5) is 0 Å². The highest BCUT2D eigenvalue weighted by atomic mass is 32.1. The van der Waals surface area contributed by atoms with Crippen LogP contribution >= 0.6 is 11.3 Å². The summed E-state index contributed by atoms with van der Waals surface area (Å²) in [6, 6.07) is 3.73. The highest BCUT2D eigenvalue weighted by Crippen LogP contribution is 2.16. The van der Waals surface area contributed by atoms with Crippen molar-refractivity contribution in [3.8, 4) is 0 Å². The number of aliphatic hydroxyl groups is 1. The van der Waals surface area contributed by atoms with Crippen molar-refractivity contribution in [3.63, 3.8) is 0 Å². The van der Waals surface area contributed by atoms with E-state index in [0.717, 1.165) is 4.88 Å². The smallest absolute Gasteiger partial charge is 0.261 e. The van der Waals surface area contributed by atoms with Gasteiger partial charge in [0.15, 0.2) is 0 Å². The third-order valence-corrected chi connectivity index (χ3v) is 3.51. The van der Waals surface area contributed by atoms with E-state index in [1.165, 1.54) is 11.3 Å². The Morgan fingerprint density at radius 1 is 1.60 bits per heavy atom. The Morgan fingerprint density at radius 3 is 2.67 bits per heavy atom. The van der Waals surface area contributed by atoms with Crippen LogP contribution in [-0.2, 0) is 0 Å². The minimum atomic E-state index is -0.519. The molecule has 0 aliphatic heterocycles. The monoisotopic (exact) mass is 227 g/mol. The molecule has 0 saturated heterocycles. The van der Waals surface area contributed by atoms with Crippen molar-refractivity contribution < 1.29 is 9.90 Å². The first-order chi connectivity index (χ1) is 7.00.